The summed E-state index contributed by atoms with van der Waals surface area (Å²) in [7, 11) is 3.73. The van der Waals surface area contributed by atoms with Gasteiger partial charge in [0.15, 0.2) is 0 Å². The fourth-order valence-electron chi connectivity index (χ4n) is 1.60. The molecule has 0 heterocycles. The van der Waals surface area contributed by atoms with Gasteiger partial charge in [0.2, 0.25) is 0 Å². The lowest BCUT2D eigenvalue weighted by Gasteiger charge is -2.19. The minimum Gasteiger partial charge on any atom is -0.383 e. The Bertz CT molecular complexity index is 316. The lowest BCUT2D eigenvalue weighted by atomic mass is 10.0. The molecule has 0 fully saturated rings. The highest BCUT2D eigenvalue weighted by Crippen LogP contribution is 2.14. The predicted molar refractivity (Wildman–Crippen MR) is 67.3 cm³/mol. The van der Waals surface area contributed by atoms with Crippen LogP contribution >= 0.6 is 0 Å². The molecule has 0 radical (unpaired) electrons. The Balaban J connectivity index is 2.34. The molecule has 2 N–H and O–H groups in total. The van der Waals surface area contributed by atoms with Gasteiger partial charge in [-0.05, 0) is 37.7 Å². The zero-order valence-electron chi connectivity index (χ0n) is 10.5. The van der Waals surface area contributed by atoms with Gasteiger partial charge in [-0.1, -0.05) is 12.1 Å². The third kappa shape index (κ3) is 5.26. The summed E-state index contributed by atoms with van der Waals surface area (Å²) in [6, 6.07) is 6.35. The van der Waals surface area contributed by atoms with Crippen molar-refractivity contribution in [3.8, 4) is 0 Å². The summed E-state index contributed by atoms with van der Waals surface area (Å²) in [5, 5.41) is 0. The molecule has 3 nitrogen and oxygen atoms in total. The monoisotopic (exact) mass is 240 g/mol. The van der Waals surface area contributed by atoms with Crippen LogP contribution in [0.2, 0.25) is 0 Å². The average Bonchev–Trinajstić information content (AvgIpc) is 2.34. The van der Waals surface area contributed by atoms with Crippen molar-refractivity contribution >= 4 is 0 Å². The number of nitrogens with zero attached hydrogens (tertiary/aromatic N) is 1. The van der Waals surface area contributed by atoms with Crippen LogP contribution in [0, 0.1) is 5.82 Å². The van der Waals surface area contributed by atoms with Crippen molar-refractivity contribution in [1.82, 2.24) is 4.90 Å². The van der Waals surface area contributed by atoms with E-state index < -0.39 is 0 Å². The zero-order chi connectivity index (χ0) is 12.7. The molecule has 1 aromatic carbocycles. The SMILES string of the molecule is COCCN(C)CC[C@H](N)c1ccc(F)cc1. The Hall–Kier alpha value is -0.970. The molecule has 0 spiro atoms. The summed E-state index contributed by atoms with van der Waals surface area (Å²) in [6.07, 6.45) is 0.853. The second kappa shape index (κ2) is 7.37. The van der Waals surface area contributed by atoms with Crippen LogP contribution in [0.4, 0.5) is 4.39 Å². The van der Waals surface area contributed by atoms with Crippen LogP contribution in [-0.2, 0) is 4.74 Å². The predicted octanol–water partition coefficient (Wildman–Crippen LogP) is 1.79. The molecule has 96 valence electrons. The number of likely N-dealkylation sites (N-methyl/N-ethyl adjacent to an activating group) is 1. The van der Waals surface area contributed by atoms with Crippen molar-refractivity contribution in [2.24, 2.45) is 5.73 Å². The summed E-state index contributed by atoms with van der Waals surface area (Å²) in [6.45, 7) is 2.52. The molecule has 17 heavy (non-hydrogen) atoms. The van der Waals surface area contributed by atoms with E-state index in [1.807, 2.05) is 7.05 Å². The van der Waals surface area contributed by atoms with E-state index >= 15 is 0 Å². The first-order valence-electron chi connectivity index (χ1n) is 5.82. The summed E-state index contributed by atoms with van der Waals surface area (Å²) >= 11 is 0. The topological polar surface area (TPSA) is 38.5 Å². The molecule has 0 amide bonds. The normalized spacial score (nSPS) is 13.0. The maximum Gasteiger partial charge on any atom is 0.123 e. The Labute approximate surface area is 102 Å². The molecule has 0 saturated heterocycles. The van der Waals surface area contributed by atoms with Crippen LogP contribution in [-0.4, -0.2) is 38.8 Å². The fourth-order valence-corrected chi connectivity index (χ4v) is 1.60. The van der Waals surface area contributed by atoms with Gasteiger partial charge in [0.25, 0.3) is 0 Å². The van der Waals surface area contributed by atoms with Gasteiger partial charge in [-0.25, -0.2) is 4.39 Å². The van der Waals surface area contributed by atoms with Crippen LogP contribution in [0.1, 0.15) is 18.0 Å². The van der Waals surface area contributed by atoms with Crippen LogP contribution in [0.3, 0.4) is 0 Å². The van der Waals surface area contributed by atoms with Crippen molar-refractivity contribution in [2.75, 3.05) is 33.9 Å². The molecular formula is C13H21FN2O. The van der Waals surface area contributed by atoms with E-state index in [-0.39, 0.29) is 11.9 Å². The number of halogens is 1. The Morgan fingerprint density at radius 1 is 1.29 bits per heavy atom. The molecule has 0 aliphatic heterocycles. The highest BCUT2D eigenvalue weighted by molar-refractivity contribution is 5.19. The van der Waals surface area contributed by atoms with Gasteiger partial charge in [-0.15, -0.1) is 0 Å². The van der Waals surface area contributed by atoms with Crippen LogP contribution in [0.15, 0.2) is 24.3 Å². The van der Waals surface area contributed by atoms with Gasteiger partial charge < -0.3 is 15.4 Å². The first-order chi connectivity index (χ1) is 8.13. The van der Waals surface area contributed by atoms with Gasteiger partial charge in [0, 0.05) is 19.7 Å². The molecule has 1 aromatic rings. The molecule has 0 unspecified atom stereocenters. The van der Waals surface area contributed by atoms with Gasteiger partial charge in [-0.2, -0.15) is 0 Å². The van der Waals surface area contributed by atoms with Crippen LogP contribution in [0.25, 0.3) is 0 Å². The van der Waals surface area contributed by atoms with E-state index in [2.05, 4.69) is 4.90 Å². The highest BCUT2D eigenvalue weighted by Gasteiger charge is 2.07. The summed E-state index contributed by atoms with van der Waals surface area (Å²) in [5.74, 6) is -0.224. The molecule has 1 rings (SSSR count). The Kier molecular flexibility index (Phi) is 6.11. The molecule has 1 atom stereocenters. The largest absolute Gasteiger partial charge is 0.383 e. The molecule has 0 aliphatic carbocycles. The third-order valence-electron chi connectivity index (χ3n) is 2.80. The van der Waals surface area contributed by atoms with E-state index in [9.17, 15) is 4.39 Å². The standard InChI is InChI=1S/C13H21FN2O/c1-16(9-10-17-2)8-7-13(15)11-3-5-12(14)6-4-11/h3-6,13H,7-10,15H2,1-2H3/t13-/m0/s1. The van der Waals surface area contributed by atoms with E-state index in [0.29, 0.717) is 0 Å². The van der Waals surface area contributed by atoms with Gasteiger partial charge in [0.05, 0.1) is 6.61 Å². The van der Waals surface area contributed by atoms with Crippen molar-refractivity contribution in [3.63, 3.8) is 0 Å². The van der Waals surface area contributed by atoms with Crippen molar-refractivity contribution in [1.29, 1.82) is 0 Å². The Morgan fingerprint density at radius 3 is 2.53 bits per heavy atom. The van der Waals surface area contributed by atoms with Crippen molar-refractivity contribution in [3.05, 3.63) is 35.6 Å². The summed E-state index contributed by atoms with van der Waals surface area (Å²) in [4.78, 5) is 2.17. The highest BCUT2D eigenvalue weighted by atomic mass is 19.1. The number of hydrogen-bond donors (Lipinski definition) is 1. The first-order valence-corrected chi connectivity index (χ1v) is 5.82. The maximum absolute atomic E-state index is 12.7. The molecule has 0 aliphatic rings. The second-order valence-corrected chi connectivity index (χ2v) is 4.24. The van der Waals surface area contributed by atoms with Crippen molar-refractivity contribution in [2.45, 2.75) is 12.5 Å². The number of benzene rings is 1. The summed E-state index contributed by atoms with van der Waals surface area (Å²) < 4.78 is 17.7. The third-order valence-corrected chi connectivity index (χ3v) is 2.80. The minimum absolute atomic E-state index is 0.0411. The molecule has 0 aromatic heterocycles. The van der Waals surface area contributed by atoms with Gasteiger partial charge in [-0.3, -0.25) is 0 Å². The number of hydrogen-bond acceptors (Lipinski definition) is 3. The van der Waals surface area contributed by atoms with Crippen LogP contribution < -0.4 is 5.73 Å². The number of ether oxygens (including phenoxy) is 1. The quantitative estimate of drug-likeness (QED) is 0.789. The lowest BCUT2D eigenvalue weighted by molar-refractivity contribution is 0.159. The summed E-state index contributed by atoms with van der Waals surface area (Å²) in [5.41, 5.74) is 7.02. The molecular weight excluding hydrogens is 219 g/mol. The number of rotatable bonds is 7. The first kappa shape index (κ1) is 14.1. The van der Waals surface area contributed by atoms with Crippen molar-refractivity contribution < 1.29 is 9.13 Å². The van der Waals surface area contributed by atoms with E-state index in [1.54, 1.807) is 19.2 Å². The number of nitrogens with two attached hydrogens (primary N) is 1. The molecule has 0 saturated carbocycles. The second-order valence-electron chi connectivity index (χ2n) is 4.24. The Morgan fingerprint density at radius 2 is 1.94 bits per heavy atom. The van der Waals surface area contributed by atoms with E-state index in [1.165, 1.54) is 12.1 Å². The van der Waals surface area contributed by atoms with Gasteiger partial charge >= 0.3 is 0 Å². The van der Waals surface area contributed by atoms with Gasteiger partial charge in [0.1, 0.15) is 5.82 Å². The van der Waals surface area contributed by atoms with E-state index in [0.717, 1.165) is 31.7 Å². The zero-order valence-corrected chi connectivity index (χ0v) is 10.5. The van der Waals surface area contributed by atoms with Crippen LogP contribution in [0.5, 0.6) is 0 Å². The molecule has 0 bridgehead atoms. The number of methoxy groups -OCH3 is 1. The molecule has 4 heteroatoms. The van der Waals surface area contributed by atoms with E-state index in [4.69, 9.17) is 10.5 Å². The minimum atomic E-state index is -0.224. The average molecular weight is 240 g/mol. The lowest BCUT2D eigenvalue weighted by Crippen LogP contribution is -2.26. The maximum atomic E-state index is 12.7. The smallest absolute Gasteiger partial charge is 0.123 e. The fraction of sp³-hybridized carbons (Fsp3) is 0.538.